The van der Waals surface area contributed by atoms with Gasteiger partial charge in [0.25, 0.3) is 0 Å². The highest BCUT2D eigenvalue weighted by atomic mass is 79.9. The Labute approximate surface area is 120 Å². The summed E-state index contributed by atoms with van der Waals surface area (Å²) in [4.78, 5) is 14.1. The topological polar surface area (TPSA) is 56.1 Å². The minimum Gasteiger partial charge on any atom is -0.310 e. The second-order valence-electron chi connectivity index (χ2n) is 5.05. The fourth-order valence-electron chi connectivity index (χ4n) is 2.44. The summed E-state index contributed by atoms with van der Waals surface area (Å²) in [6.07, 6.45) is 3.16. The predicted octanol–water partition coefficient (Wildman–Crippen LogP) is 2.18. The van der Waals surface area contributed by atoms with E-state index in [2.05, 4.69) is 27.3 Å². The first-order valence-corrected chi connectivity index (χ1v) is 7.25. The number of hydrogen-bond donors (Lipinski definition) is 1. The SMILES string of the molecule is N#Cc1cc(Br)ccc1N1CCC(NC2CC2)C1=O. The van der Waals surface area contributed by atoms with Gasteiger partial charge in [-0.2, -0.15) is 5.26 Å². The van der Waals surface area contributed by atoms with Gasteiger partial charge in [0.1, 0.15) is 6.07 Å². The molecule has 1 amide bonds. The Balaban J connectivity index is 1.83. The average Bonchev–Trinajstić information content (AvgIpc) is 3.15. The molecule has 1 unspecified atom stereocenters. The third kappa shape index (κ3) is 2.51. The monoisotopic (exact) mass is 319 g/mol. The zero-order valence-electron chi connectivity index (χ0n) is 10.4. The molecule has 1 aromatic carbocycles. The maximum absolute atomic E-state index is 12.4. The summed E-state index contributed by atoms with van der Waals surface area (Å²) in [5.41, 5.74) is 1.26. The first kappa shape index (κ1) is 12.6. The number of hydrogen-bond acceptors (Lipinski definition) is 3. The van der Waals surface area contributed by atoms with Gasteiger partial charge in [-0.05, 0) is 37.5 Å². The summed E-state index contributed by atoms with van der Waals surface area (Å²) in [6.45, 7) is 0.680. The van der Waals surface area contributed by atoms with E-state index in [1.165, 1.54) is 12.8 Å². The number of halogens is 1. The Morgan fingerprint density at radius 3 is 2.84 bits per heavy atom. The van der Waals surface area contributed by atoms with Gasteiger partial charge in [-0.25, -0.2) is 0 Å². The van der Waals surface area contributed by atoms with Crippen molar-refractivity contribution in [2.45, 2.75) is 31.3 Å². The molecule has 1 saturated carbocycles. The number of benzene rings is 1. The van der Waals surface area contributed by atoms with E-state index in [1.54, 1.807) is 11.0 Å². The van der Waals surface area contributed by atoms with Crippen molar-refractivity contribution < 1.29 is 4.79 Å². The van der Waals surface area contributed by atoms with Crippen molar-refractivity contribution in [3.63, 3.8) is 0 Å². The van der Waals surface area contributed by atoms with Crippen LogP contribution in [-0.2, 0) is 4.79 Å². The van der Waals surface area contributed by atoms with Crippen LogP contribution in [0.15, 0.2) is 22.7 Å². The van der Waals surface area contributed by atoms with Crippen LogP contribution in [0.4, 0.5) is 5.69 Å². The van der Waals surface area contributed by atoms with Crippen molar-refractivity contribution >= 4 is 27.5 Å². The summed E-state index contributed by atoms with van der Waals surface area (Å²) < 4.78 is 0.854. The molecular weight excluding hydrogens is 306 g/mol. The van der Waals surface area contributed by atoms with Gasteiger partial charge < -0.3 is 10.2 Å². The van der Waals surface area contributed by atoms with E-state index in [0.29, 0.717) is 18.2 Å². The van der Waals surface area contributed by atoms with Crippen molar-refractivity contribution in [1.82, 2.24) is 5.32 Å². The fourth-order valence-corrected chi connectivity index (χ4v) is 2.80. The molecule has 0 aromatic heterocycles. The third-order valence-electron chi connectivity index (χ3n) is 3.59. The van der Waals surface area contributed by atoms with Crippen molar-refractivity contribution in [3.05, 3.63) is 28.2 Å². The predicted molar refractivity (Wildman–Crippen MR) is 75.8 cm³/mol. The van der Waals surface area contributed by atoms with Crippen LogP contribution >= 0.6 is 15.9 Å². The molecule has 0 bridgehead atoms. The van der Waals surface area contributed by atoms with Crippen molar-refractivity contribution in [2.24, 2.45) is 0 Å². The molecule has 5 heteroatoms. The molecule has 19 heavy (non-hydrogen) atoms. The molecule has 2 aliphatic rings. The molecule has 98 valence electrons. The van der Waals surface area contributed by atoms with Gasteiger partial charge in [0.2, 0.25) is 5.91 Å². The highest BCUT2D eigenvalue weighted by molar-refractivity contribution is 9.10. The highest BCUT2D eigenvalue weighted by Gasteiger charge is 2.36. The van der Waals surface area contributed by atoms with Gasteiger partial charge in [-0.1, -0.05) is 15.9 Å². The zero-order chi connectivity index (χ0) is 13.4. The second kappa shape index (κ2) is 4.95. The molecule has 1 aliphatic carbocycles. The van der Waals surface area contributed by atoms with E-state index in [-0.39, 0.29) is 11.9 Å². The minimum absolute atomic E-state index is 0.0808. The van der Waals surface area contributed by atoms with Gasteiger partial charge in [-0.15, -0.1) is 0 Å². The maximum atomic E-state index is 12.4. The molecular formula is C14H14BrN3O. The number of rotatable bonds is 3. The maximum Gasteiger partial charge on any atom is 0.244 e. The Morgan fingerprint density at radius 2 is 2.16 bits per heavy atom. The minimum atomic E-state index is -0.0808. The van der Waals surface area contributed by atoms with Crippen LogP contribution in [0.1, 0.15) is 24.8 Å². The first-order chi connectivity index (χ1) is 9.19. The Bertz CT molecular complexity index is 562. The van der Waals surface area contributed by atoms with Crippen LogP contribution in [-0.4, -0.2) is 24.5 Å². The van der Waals surface area contributed by atoms with Gasteiger partial charge >= 0.3 is 0 Å². The molecule has 0 spiro atoms. The average molecular weight is 320 g/mol. The van der Waals surface area contributed by atoms with Crippen molar-refractivity contribution in [3.8, 4) is 6.07 Å². The van der Waals surface area contributed by atoms with Gasteiger partial charge in [0, 0.05) is 17.1 Å². The number of carbonyl (C=O) groups is 1. The number of nitrogens with zero attached hydrogens (tertiary/aromatic N) is 2. The lowest BCUT2D eigenvalue weighted by molar-refractivity contribution is -0.118. The van der Waals surface area contributed by atoms with Crippen LogP contribution in [0.25, 0.3) is 0 Å². The summed E-state index contributed by atoms with van der Waals surface area (Å²) in [7, 11) is 0. The molecule has 0 radical (unpaired) electrons. The number of amides is 1. The van der Waals surface area contributed by atoms with E-state index in [4.69, 9.17) is 0 Å². The molecule has 1 atom stereocenters. The summed E-state index contributed by atoms with van der Waals surface area (Å²) in [5, 5.41) is 12.6. The molecule has 1 saturated heterocycles. The summed E-state index contributed by atoms with van der Waals surface area (Å²) in [5.74, 6) is 0.0886. The number of nitriles is 1. The van der Waals surface area contributed by atoms with Crippen molar-refractivity contribution in [1.29, 1.82) is 5.26 Å². The van der Waals surface area contributed by atoms with Crippen LogP contribution in [0.3, 0.4) is 0 Å². The Morgan fingerprint density at radius 1 is 1.37 bits per heavy atom. The normalized spacial score (nSPS) is 22.6. The fraction of sp³-hybridized carbons (Fsp3) is 0.429. The lowest BCUT2D eigenvalue weighted by Crippen LogP contribution is -2.39. The standard InChI is InChI=1S/C14H14BrN3O/c15-10-1-4-13(9(7-10)8-16)18-6-5-12(14(18)19)17-11-2-3-11/h1,4,7,11-12,17H,2-3,5-6H2. The van der Waals surface area contributed by atoms with Gasteiger partial charge in [0.05, 0.1) is 17.3 Å². The van der Waals surface area contributed by atoms with E-state index >= 15 is 0 Å². The number of anilines is 1. The highest BCUT2D eigenvalue weighted by Crippen LogP contribution is 2.29. The smallest absolute Gasteiger partial charge is 0.244 e. The molecule has 3 rings (SSSR count). The summed E-state index contributed by atoms with van der Waals surface area (Å²) in [6, 6.07) is 8.05. The number of carbonyl (C=O) groups excluding carboxylic acids is 1. The first-order valence-electron chi connectivity index (χ1n) is 6.46. The Hall–Kier alpha value is -1.38. The molecule has 2 fully saturated rings. The molecule has 1 N–H and O–H groups in total. The zero-order valence-corrected chi connectivity index (χ0v) is 12.0. The Kier molecular flexibility index (Phi) is 3.29. The van der Waals surface area contributed by atoms with E-state index in [0.717, 1.165) is 16.6 Å². The van der Waals surface area contributed by atoms with Crippen LogP contribution in [0, 0.1) is 11.3 Å². The summed E-state index contributed by atoms with van der Waals surface area (Å²) >= 11 is 3.35. The van der Waals surface area contributed by atoms with Crippen LogP contribution in [0.2, 0.25) is 0 Å². The van der Waals surface area contributed by atoms with E-state index in [9.17, 15) is 10.1 Å². The van der Waals surface area contributed by atoms with E-state index < -0.39 is 0 Å². The number of nitrogens with one attached hydrogen (secondary N) is 1. The van der Waals surface area contributed by atoms with Crippen molar-refractivity contribution in [2.75, 3.05) is 11.4 Å². The largest absolute Gasteiger partial charge is 0.310 e. The second-order valence-corrected chi connectivity index (χ2v) is 5.96. The third-order valence-corrected chi connectivity index (χ3v) is 4.08. The molecule has 1 aliphatic heterocycles. The van der Waals surface area contributed by atoms with Crippen LogP contribution < -0.4 is 10.2 Å². The molecule has 1 aromatic rings. The molecule has 4 nitrogen and oxygen atoms in total. The van der Waals surface area contributed by atoms with Gasteiger partial charge in [0.15, 0.2) is 0 Å². The van der Waals surface area contributed by atoms with Gasteiger partial charge in [-0.3, -0.25) is 4.79 Å². The van der Waals surface area contributed by atoms with Crippen LogP contribution in [0.5, 0.6) is 0 Å². The quantitative estimate of drug-likeness (QED) is 0.929. The lowest BCUT2D eigenvalue weighted by atomic mass is 10.2. The van der Waals surface area contributed by atoms with E-state index in [1.807, 2.05) is 12.1 Å². The molecule has 1 heterocycles. The lowest BCUT2D eigenvalue weighted by Gasteiger charge is -2.18.